The molecule has 0 aliphatic carbocycles. The zero-order valence-corrected chi connectivity index (χ0v) is 16.7. The number of hydrogen-bond acceptors (Lipinski definition) is 6. The van der Waals surface area contributed by atoms with Crippen LogP contribution >= 0.6 is 11.8 Å². The van der Waals surface area contributed by atoms with E-state index in [-0.39, 0.29) is 22.5 Å². The summed E-state index contributed by atoms with van der Waals surface area (Å²) in [7, 11) is 0. The molecule has 2 atom stereocenters. The molecule has 0 saturated heterocycles. The fraction of sp³-hybridized carbons (Fsp3) is 0.286. The summed E-state index contributed by atoms with van der Waals surface area (Å²) in [5, 5.41) is 2.59. The minimum Gasteiger partial charge on any atom is -0.494 e. The van der Waals surface area contributed by atoms with Crippen LogP contribution in [0.2, 0.25) is 0 Å². The van der Waals surface area contributed by atoms with E-state index in [1.165, 1.54) is 18.7 Å². The van der Waals surface area contributed by atoms with Crippen LogP contribution in [0.15, 0.2) is 47.4 Å². The van der Waals surface area contributed by atoms with Crippen molar-refractivity contribution in [2.45, 2.75) is 37.0 Å². The van der Waals surface area contributed by atoms with Gasteiger partial charge in [0.2, 0.25) is 11.7 Å². The number of nitrogens with one attached hydrogen (secondary N) is 1. The number of Topliss-reactive ketones (excluding diaryl/α,β-unsaturated/α-hetero) is 1. The molecule has 28 heavy (non-hydrogen) atoms. The number of thioether (sulfide) groups is 1. The van der Waals surface area contributed by atoms with Gasteiger partial charge in [-0.05, 0) is 63.2 Å². The van der Waals surface area contributed by atoms with Gasteiger partial charge < -0.3 is 14.8 Å². The Morgan fingerprint density at radius 3 is 2.50 bits per heavy atom. The first-order valence-corrected chi connectivity index (χ1v) is 9.86. The maximum absolute atomic E-state index is 12.5. The van der Waals surface area contributed by atoms with Gasteiger partial charge >= 0.3 is 5.97 Å². The van der Waals surface area contributed by atoms with Crippen molar-refractivity contribution in [3.63, 3.8) is 0 Å². The predicted molar refractivity (Wildman–Crippen MR) is 107 cm³/mol. The van der Waals surface area contributed by atoms with Gasteiger partial charge in [-0.15, -0.1) is 11.8 Å². The molecule has 0 saturated carbocycles. The number of fused-ring (bicyclic) bond motifs is 1. The highest BCUT2D eigenvalue weighted by molar-refractivity contribution is 8.00. The first-order valence-electron chi connectivity index (χ1n) is 8.98. The maximum atomic E-state index is 12.5. The highest BCUT2D eigenvalue weighted by Gasteiger charge is 2.25. The van der Waals surface area contributed by atoms with E-state index in [1.807, 2.05) is 13.8 Å². The molecular formula is C21H21NO5S. The van der Waals surface area contributed by atoms with Crippen LogP contribution in [0.5, 0.6) is 5.75 Å². The quantitative estimate of drug-likeness (QED) is 0.585. The van der Waals surface area contributed by atoms with E-state index in [9.17, 15) is 14.4 Å². The number of benzene rings is 2. The second-order valence-corrected chi connectivity index (χ2v) is 7.71. The number of carbonyl (C=O) groups is 3. The molecule has 1 N–H and O–H groups in total. The van der Waals surface area contributed by atoms with Crippen LogP contribution in [0.1, 0.15) is 41.5 Å². The lowest BCUT2D eigenvalue weighted by atomic mass is 10.1. The van der Waals surface area contributed by atoms with E-state index < -0.39 is 12.1 Å². The van der Waals surface area contributed by atoms with Gasteiger partial charge in [0.25, 0.3) is 0 Å². The molecular weight excluding hydrogens is 378 g/mol. The molecule has 0 fully saturated rings. The Labute approximate surface area is 167 Å². The van der Waals surface area contributed by atoms with E-state index in [1.54, 1.807) is 42.5 Å². The van der Waals surface area contributed by atoms with Crippen LogP contribution in [0, 0.1) is 0 Å². The third-order valence-corrected chi connectivity index (χ3v) is 5.43. The highest BCUT2D eigenvalue weighted by atomic mass is 32.2. The Bertz CT molecular complexity index is 910. The van der Waals surface area contributed by atoms with Crippen LogP contribution in [-0.4, -0.2) is 35.6 Å². The smallest absolute Gasteiger partial charge is 0.338 e. The molecule has 6 nitrogen and oxygen atoms in total. The SMILES string of the molecule is CCOc1ccc(C(=O)[C@@H](C)OC(=O)c2ccc3c(c2)NC(=O)[C@@H](C)S3)cc1. The minimum absolute atomic E-state index is 0.109. The van der Waals surface area contributed by atoms with Crippen LogP contribution in [0.25, 0.3) is 0 Å². The van der Waals surface area contributed by atoms with Crippen molar-refractivity contribution in [3.8, 4) is 5.75 Å². The lowest BCUT2D eigenvalue weighted by Gasteiger charge is -2.21. The van der Waals surface area contributed by atoms with E-state index in [2.05, 4.69) is 5.32 Å². The molecule has 2 aromatic rings. The zero-order valence-electron chi connectivity index (χ0n) is 15.9. The van der Waals surface area contributed by atoms with Crippen molar-refractivity contribution in [3.05, 3.63) is 53.6 Å². The largest absolute Gasteiger partial charge is 0.494 e. The molecule has 1 heterocycles. The van der Waals surface area contributed by atoms with Crippen molar-refractivity contribution in [2.24, 2.45) is 0 Å². The minimum atomic E-state index is -0.939. The molecule has 0 aromatic heterocycles. The molecule has 1 aliphatic heterocycles. The number of carbonyl (C=O) groups excluding carboxylic acids is 3. The number of amides is 1. The number of hydrogen-bond donors (Lipinski definition) is 1. The Morgan fingerprint density at radius 1 is 1.14 bits per heavy atom. The van der Waals surface area contributed by atoms with Crippen LogP contribution in [-0.2, 0) is 9.53 Å². The summed E-state index contributed by atoms with van der Waals surface area (Å²) >= 11 is 1.43. The van der Waals surface area contributed by atoms with Gasteiger partial charge in [-0.1, -0.05) is 0 Å². The molecule has 0 spiro atoms. The van der Waals surface area contributed by atoms with Crippen molar-refractivity contribution in [2.75, 3.05) is 11.9 Å². The third-order valence-electron chi connectivity index (χ3n) is 4.25. The highest BCUT2D eigenvalue weighted by Crippen LogP contribution is 2.36. The van der Waals surface area contributed by atoms with Gasteiger partial charge in [-0.25, -0.2) is 4.79 Å². The molecule has 146 valence electrons. The molecule has 0 radical (unpaired) electrons. The standard InChI is InChI=1S/C21H21NO5S/c1-4-26-16-8-5-14(6-9-16)19(23)12(2)27-21(25)15-7-10-18-17(11-15)22-20(24)13(3)28-18/h5-13H,4H2,1-3H3,(H,22,24)/t12-,13-/m1/s1. The number of rotatable bonds is 6. The van der Waals surface area contributed by atoms with Crippen LogP contribution in [0.4, 0.5) is 5.69 Å². The van der Waals surface area contributed by atoms with Crippen LogP contribution < -0.4 is 10.1 Å². The number of ether oxygens (including phenoxy) is 2. The number of esters is 1. The molecule has 1 amide bonds. The fourth-order valence-corrected chi connectivity index (χ4v) is 3.67. The van der Waals surface area contributed by atoms with Gasteiger partial charge in [0, 0.05) is 10.5 Å². The van der Waals surface area contributed by atoms with Gasteiger partial charge in [0.1, 0.15) is 5.75 Å². The summed E-state index contributed by atoms with van der Waals surface area (Å²) in [4.78, 5) is 37.7. The predicted octanol–water partition coefficient (Wildman–Crippen LogP) is 3.95. The maximum Gasteiger partial charge on any atom is 0.338 e. The Hall–Kier alpha value is -2.80. The monoisotopic (exact) mass is 399 g/mol. The average Bonchev–Trinajstić information content (AvgIpc) is 2.68. The number of ketones is 1. The topological polar surface area (TPSA) is 81.7 Å². The Morgan fingerprint density at radius 2 is 1.82 bits per heavy atom. The van der Waals surface area contributed by atoms with Crippen molar-refractivity contribution in [1.29, 1.82) is 0 Å². The summed E-state index contributed by atoms with van der Waals surface area (Å²) < 4.78 is 10.7. The third kappa shape index (κ3) is 4.36. The Kier molecular flexibility index (Phi) is 6.04. The second-order valence-electron chi connectivity index (χ2n) is 6.33. The van der Waals surface area contributed by atoms with E-state index in [0.717, 1.165) is 4.90 Å². The van der Waals surface area contributed by atoms with Crippen molar-refractivity contribution >= 4 is 35.1 Å². The summed E-state index contributed by atoms with van der Waals surface area (Å²) in [6, 6.07) is 11.7. The van der Waals surface area contributed by atoms with E-state index >= 15 is 0 Å². The zero-order chi connectivity index (χ0) is 20.3. The van der Waals surface area contributed by atoms with E-state index in [0.29, 0.717) is 23.6 Å². The van der Waals surface area contributed by atoms with Gasteiger partial charge in [-0.2, -0.15) is 0 Å². The first kappa shape index (κ1) is 19.9. The normalized spacial score (nSPS) is 16.5. The van der Waals surface area contributed by atoms with Gasteiger partial charge in [-0.3, -0.25) is 9.59 Å². The molecule has 1 aliphatic rings. The molecule has 2 aromatic carbocycles. The first-order chi connectivity index (χ1) is 13.4. The lowest BCUT2D eigenvalue weighted by molar-refractivity contribution is -0.115. The number of anilines is 1. The van der Waals surface area contributed by atoms with Gasteiger partial charge in [0.15, 0.2) is 6.10 Å². The Balaban J connectivity index is 1.67. The molecule has 3 rings (SSSR count). The second kappa shape index (κ2) is 8.48. The summed E-state index contributed by atoms with van der Waals surface area (Å²) in [6.07, 6.45) is -0.939. The van der Waals surface area contributed by atoms with Gasteiger partial charge in [0.05, 0.1) is 23.1 Å². The fourth-order valence-electron chi connectivity index (χ4n) is 2.73. The van der Waals surface area contributed by atoms with Crippen molar-refractivity contribution in [1.82, 2.24) is 0 Å². The van der Waals surface area contributed by atoms with Crippen LogP contribution in [0.3, 0.4) is 0 Å². The van der Waals surface area contributed by atoms with Crippen molar-refractivity contribution < 1.29 is 23.9 Å². The summed E-state index contributed by atoms with van der Waals surface area (Å²) in [6.45, 7) is 5.78. The summed E-state index contributed by atoms with van der Waals surface area (Å²) in [5.41, 5.74) is 1.29. The molecule has 0 unspecified atom stereocenters. The lowest BCUT2D eigenvalue weighted by Crippen LogP contribution is -2.27. The van der Waals surface area contributed by atoms with E-state index in [4.69, 9.17) is 9.47 Å². The molecule has 7 heteroatoms. The summed E-state index contributed by atoms with van der Waals surface area (Å²) in [5.74, 6) is -0.353. The average molecular weight is 399 g/mol. The molecule has 0 bridgehead atoms.